The van der Waals surface area contributed by atoms with Gasteiger partial charge in [0.15, 0.2) is 0 Å². The van der Waals surface area contributed by atoms with Crippen molar-refractivity contribution < 1.29 is 18.7 Å². The van der Waals surface area contributed by atoms with Gasteiger partial charge < -0.3 is 9.15 Å². The predicted octanol–water partition coefficient (Wildman–Crippen LogP) is 1.06. The van der Waals surface area contributed by atoms with E-state index in [4.69, 9.17) is 9.15 Å². The first-order chi connectivity index (χ1) is 9.45. The van der Waals surface area contributed by atoms with Crippen molar-refractivity contribution in [3.8, 4) is 0 Å². The van der Waals surface area contributed by atoms with Crippen molar-refractivity contribution >= 4 is 22.9 Å². The number of ketones is 1. The predicted molar refractivity (Wildman–Crippen MR) is 69.6 cm³/mol. The fraction of sp³-hybridized carbons (Fsp3) is 0.385. The Hall–Kier alpha value is -2.44. The Morgan fingerprint density at radius 3 is 2.75 bits per heavy atom. The van der Waals surface area contributed by atoms with Gasteiger partial charge >= 0.3 is 5.97 Å². The van der Waals surface area contributed by atoms with E-state index in [1.165, 1.54) is 13.3 Å². The molecule has 0 aliphatic carbocycles. The van der Waals surface area contributed by atoms with Crippen LogP contribution in [0, 0.1) is 6.92 Å². The summed E-state index contributed by atoms with van der Waals surface area (Å²) in [6.45, 7) is 4.68. The van der Waals surface area contributed by atoms with Crippen LogP contribution >= 0.6 is 0 Å². The van der Waals surface area contributed by atoms with Crippen LogP contribution in [0.15, 0.2) is 15.5 Å². The molecule has 2 rings (SSSR count). The molecule has 2 aromatic rings. The second kappa shape index (κ2) is 5.28. The number of esters is 1. The van der Waals surface area contributed by atoms with Crippen LogP contribution in [0.4, 0.5) is 0 Å². The molecule has 0 aliphatic rings. The maximum Gasteiger partial charge on any atom is 0.342 e. The number of fused-ring (bicyclic) bond motifs is 1. The molecule has 0 atom stereocenters. The summed E-state index contributed by atoms with van der Waals surface area (Å²) in [5.74, 6) is -0.557. The van der Waals surface area contributed by atoms with Gasteiger partial charge in [0.2, 0.25) is 5.71 Å². The van der Waals surface area contributed by atoms with Gasteiger partial charge in [0.1, 0.15) is 28.8 Å². The topological polar surface area (TPSA) is 91.4 Å². The van der Waals surface area contributed by atoms with E-state index in [0.29, 0.717) is 0 Å². The number of nitrogens with zero attached hydrogens (tertiary/aromatic N) is 2. The molecule has 0 amide bonds. The van der Waals surface area contributed by atoms with E-state index in [0.717, 1.165) is 4.57 Å². The highest BCUT2D eigenvalue weighted by Gasteiger charge is 2.23. The minimum Gasteiger partial charge on any atom is -0.462 e. The minimum absolute atomic E-state index is 0.0460. The van der Waals surface area contributed by atoms with Gasteiger partial charge in [-0.25, -0.2) is 9.78 Å². The summed E-state index contributed by atoms with van der Waals surface area (Å²) in [7, 11) is 0. The molecule has 0 spiro atoms. The molecule has 0 aromatic carbocycles. The zero-order chi connectivity index (χ0) is 14.9. The number of aryl methyl sites for hydroxylation is 1. The molecule has 0 aliphatic heterocycles. The van der Waals surface area contributed by atoms with Crippen LogP contribution in [0.2, 0.25) is 0 Å². The smallest absolute Gasteiger partial charge is 0.342 e. The number of carbonyl (C=O) groups excluding carboxylic acids is 2. The molecular weight excluding hydrogens is 264 g/mol. The molecule has 2 aromatic heterocycles. The second-order valence-electron chi connectivity index (χ2n) is 4.31. The van der Waals surface area contributed by atoms with Crippen LogP contribution in [-0.4, -0.2) is 27.9 Å². The van der Waals surface area contributed by atoms with Crippen molar-refractivity contribution in [3.05, 3.63) is 28.0 Å². The lowest BCUT2D eigenvalue weighted by atomic mass is 10.2. The Morgan fingerprint density at radius 1 is 1.45 bits per heavy atom. The Bertz CT molecular complexity index is 741. The average Bonchev–Trinajstić information content (AvgIpc) is 2.70. The number of hydrogen-bond acceptors (Lipinski definition) is 6. The van der Waals surface area contributed by atoms with Crippen LogP contribution in [0.1, 0.15) is 30.0 Å². The van der Waals surface area contributed by atoms with Gasteiger partial charge in [-0.1, -0.05) is 0 Å². The molecule has 0 radical (unpaired) electrons. The first-order valence-corrected chi connectivity index (χ1v) is 6.10. The highest BCUT2D eigenvalue weighted by atomic mass is 16.5. The van der Waals surface area contributed by atoms with E-state index in [-0.39, 0.29) is 41.4 Å². The molecule has 20 heavy (non-hydrogen) atoms. The summed E-state index contributed by atoms with van der Waals surface area (Å²) < 4.78 is 11.3. The maximum atomic E-state index is 12.3. The van der Waals surface area contributed by atoms with Crippen molar-refractivity contribution in [2.75, 3.05) is 6.61 Å². The van der Waals surface area contributed by atoms with Gasteiger partial charge in [-0.05, 0) is 20.8 Å². The number of furan rings is 1. The molecule has 7 nitrogen and oxygen atoms in total. The maximum absolute atomic E-state index is 12.3. The fourth-order valence-electron chi connectivity index (χ4n) is 1.94. The molecule has 106 valence electrons. The molecule has 0 bridgehead atoms. The molecule has 0 N–H and O–H groups in total. The fourth-order valence-corrected chi connectivity index (χ4v) is 1.94. The van der Waals surface area contributed by atoms with E-state index in [2.05, 4.69) is 4.98 Å². The number of ether oxygens (including phenoxy) is 1. The first-order valence-electron chi connectivity index (χ1n) is 6.10. The Labute approximate surface area is 114 Å². The van der Waals surface area contributed by atoms with Crippen molar-refractivity contribution in [2.24, 2.45) is 0 Å². The molecule has 7 heteroatoms. The lowest BCUT2D eigenvalue weighted by Gasteiger charge is -2.02. The van der Waals surface area contributed by atoms with Crippen LogP contribution in [0.3, 0.4) is 0 Å². The van der Waals surface area contributed by atoms with Gasteiger partial charge in [-0.15, -0.1) is 0 Å². The van der Waals surface area contributed by atoms with Crippen molar-refractivity contribution in [2.45, 2.75) is 27.3 Å². The highest BCUT2D eigenvalue weighted by molar-refractivity contribution is 6.03. The zero-order valence-electron chi connectivity index (χ0n) is 11.4. The third-order valence-electron chi connectivity index (χ3n) is 2.73. The van der Waals surface area contributed by atoms with E-state index < -0.39 is 11.5 Å². The third kappa shape index (κ3) is 2.34. The van der Waals surface area contributed by atoms with Crippen LogP contribution in [-0.2, 0) is 16.1 Å². The minimum atomic E-state index is -0.636. The number of hydrogen-bond donors (Lipinski definition) is 0. The number of rotatable bonds is 4. The first kappa shape index (κ1) is 14.0. The van der Waals surface area contributed by atoms with E-state index in [9.17, 15) is 14.4 Å². The van der Waals surface area contributed by atoms with Crippen LogP contribution in [0.5, 0.6) is 0 Å². The van der Waals surface area contributed by atoms with Gasteiger partial charge in [0.05, 0.1) is 13.2 Å². The summed E-state index contributed by atoms with van der Waals surface area (Å²) in [4.78, 5) is 39.3. The van der Waals surface area contributed by atoms with Crippen molar-refractivity contribution in [3.63, 3.8) is 0 Å². The van der Waals surface area contributed by atoms with Crippen molar-refractivity contribution in [1.29, 1.82) is 0 Å². The number of Topliss-reactive ketones (excluding diaryl/α,β-unsaturated/α-hetero) is 1. The molecule has 0 unspecified atom stereocenters. The third-order valence-corrected chi connectivity index (χ3v) is 2.73. The average molecular weight is 278 g/mol. The van der Waals surface area contributed by atoms with Gasteiger partial charge in [-0.2, -0.15) is 0 Å². The SMILES string of the molecule is CCOC(=O)c1c(C)oc2ncn(CC(C)=O)c(=O)c12. The summed E-state index contributed by atoms with van der Waals surface area (Å²) in [6.07, 6.45) is 1.23. The van der Waals surface area contributed by atoms with Gasteiger partial charge in [0, 0.05) is 0 Å². The monoisotopic (exact) mass is 278 g/mol. The molecular formula is C13H14N2O5. The lowest BCUT2D eigenvalue weighted by molar-refractivity contribution is -0.117. The normalized spacial score (nSPS) is 10.8. The summed E-state index contributed by atoms with van der Waals surface area (Å²) in [5.41, 5.74) is -0.363. The quantitative estimate of drug-likeness (QED) is 0.777. The van der Waals surface area contributed by atoms with E-state index in [1.807, 2.05) is 0 Å². The molecule has 2 heterocycles. The molecule has 0 saturated heterocycles. The van der Waals surface area contributed by atoms with Crippen molar-refractivity contribution in [1.82, 2.24) is 9.55 Å². The Morgan fingerprint density at radius 2 is 2.15 bits per heavy atom. The van der Waals surface area contributed by atoms with Crippen LogP contribution in [0.25, 0.3) is 11.1 Å². The van der Waals surface area contributed by atoms with E-state index >= 15 is 0 Å². The summed E-state index contributed by atoms with van der Waals surface area (Å²) >= 11 is 0. The molecule has 0 saturated carbocycles. The Kier molecular flexibility index (Phi) is 3.69. The van der Waals surface area contributed by atoms with Gasteiger partial charge in [0.25, 0.3) is 5.56 Å². The van der Waals surface area contributed by atoms with Crippen LogP contribution < -0.4 is 5.56 Å². The number of aromatic nitrogens is 2. The van der Waals surface area contributed by atoms with Gasteiger partial charge in [-0.3, -0.25) is 14.2 Å². The lowest BCUT2D eigenvalue weighted by Crippen LogP contribution is -2.24. The summed E-state index contributed by atoms with van der Waals surface area (Å²) in [5, 5.41) is 0.0460. The standard InChI is InChI=1S/C13H14N2O5/c1-4-19-13(18)9-8(3)20-11-10(9)12(17)15(6-14-11)5-7(2)16/h6H,4-5H2,1-3H3. The summed E-state index contributed by atoms with van der Waals surface area (Å²) in [6, 6.07) is 0. The largest absolute Gasteiger partial charge is 0.462 e. The van der Waals surface area contributed by atoms with E-state index in [1.54, 1.807) is 13.8 Å². The second-order valence-corrected chi connectivity index (χ2v) is 4.31. The Balaban J connectivity index is 2.69. The highest BCUT2D eigenvalue weighted by Crippen LogP contribution is 2.21. The zero-order valence-corrected chi connectivity index (χ0v) is 11.4. The number of carbonyl (C=O) groups is 2. The molecule has 0 fully saturated rings.